The van der Waals surface area contributed by atoms with Gasteiger partial charge in [-0.2, -0.15) is 0 Å². The van der Waals surface area contributed by atoms with Crippen LogP contribution in [-0.2, 0) is 16.1 Å². The van der Waals surface area contributed by atoms with Gasteiger partial charge in [0.2, 0.25) is 5.90 Å². The lowest BCUT2D eigenvalue weighted by atomic mass is 10.1. The first-order chi connectivity index (χ1) is 16.7. The minimum Gasteiger partial charge on any atom is -0.493 e. The largest absolute Gasteiger partial charge is 0.493 e. The van der Waals surface area contributed by atoms with Gasteiger partial charge in [-0.3, -0.25) is 10.1 Å². The molecule has 0 aromatic heterocycles. The van der Waals surface area contributed by atoms with E-state index in [1.807, 2.05) is 0 Å². The van der Waals surface area contributed by atoms with Crippen molar-refractivity contribution in [2.24, 2.45) is 4.99 Å². The number of methoxy groups -OCH3 is 1. The van der Waals surface area contributed by atoms with E-state index in [0.717, 1.165) is 0 Å². The lowest BCUT2D eigenvalue weighted by Gasteiger charge is -2.13. The molecule has 1 aliphatic rings. The van der Waals surface area contributed by atoms with Crippen LogP contribution < -0.4 is 9.47 Å². The van der Waals surface area contributed by atoms with E-state index in [-0.39, 0.29) is 40.3 Å². The van der Waals surface area contributed by atoms with E-state index in [1.54, 1.807) is 24.3 Å². The molecule has 0 N–H and O–H groups in total. The van der Waals surface area contributed by atoms with E-state index in [4.69, 9.17) is 25.8 Å². The average molecular weight is 562 g/mol. The number of nitrogens with zero attached hydrogens (tertiary/aromatic N) is 2. The van der Waals surface area contributed by atoms with Crippen molar-refractivity contribution < 1.29 is 28.3 Å². The molecule has 0 fully saturated rings. The number of halogens is 3. The van der Waals surface area contributed by atoms with Crippen molar-refractivity contribution in [2.45, 2.75) is 6.61 Å². The van der Waals surface area contributed by atoms with E-state index in [9.17, 15) is 19.3 Å². The van der Waals surface area contributed by atoms with Crippen molar-refractivity contribution >= 4 is 51.2 Å². The number of nitro benzene ring substituents is 1. The molecule has 0 bridgehead atoms. The predicted octanol–water partition coefficient (Wildman–Crippen LogP) is 6.08. The number of carbonyl (C=O) groups is 1. The zero-order valence-electron chi connectivity index (χ0n) is 18.0. The standard InChI is InChI=1S/C24H15BrClFN2O6/c1-33-21-10-14(8-17(25)22(21)34-12-13-3-2-4-16(27)7-13)9-19-24(30)35-23(28-19)15-5-6-18(26)20(11-15)29(31)32/h2-11H,12H2,1H3/b19-9-. The molecule has 0 saturated heterocycles. The maximum Gasteiger partial charge on any atom is 0.363 e. The summed E-state index contributed by atoms with van der Waals surface area (Å²) in [5.74, 6) is -0.408. The number of hydrogen-bond donors (Lipinski definition) is 0. The molecule has 0 amide bonds. The number of ether oxygens (including phenoxy) is 3. The molecule has 1 aliphatic heterocycles. The highest BCUT2D eigenvalue weighted by Gasteiger charge is 2.26. The number of nitro groups is 1. The van der Waals surface area contributed by atoms with Crippen LogP contribution in [0.1, 0.15) is 16.7 Å². The molecule has 0 unspecified atom stereocenters. The lowest BCUT2D eigenvalue weighted by molar-refractivity contribution is -0.384. The van der Waals surface area contributed by atoms with Gasteiger partial charge in [-0.05, 0) is 69.5 Å². The molecule has 4 rings (SSSR count). The maximum atomic E-state index is 13.4. The van der Waals surface area contributed by atoms with Crippen LogP contribution in [0.4, 0.5) is 10.1 Å². The van der Waals surface area contributed by atoms with Gasteiger partial charge in [0.1, 0.15) is 17.4 Å². The SMILES string of the molecule is COc1cc(/C=C2\N=C(c3ccc(Cl)c([N+](=O)[O-])c3)OC2=O)cc(Br)c1OCc1cccc(F)c1. The summed E-state index contributed by atoms with van der Waals surface area (Å²) >= 11 is 9.27. The normalized spacial score (nSPS) is 14.0. The number of rotatable bonds is 7. The van der Waals surface area contributed by atoms with Gasteiger partial charge >= 0.3 is 5.97 Å². The number of aliphatic imine (C=N–C) groups is 1. The smallest absolute Gasteiger partial charge is 0.363 e. The topological polar surface area (TPSA) is 100 Å². The first-order valence-corrected chi connectivity index (χ1v) is 11.1. The van der Waals surface area contributed by atoms with Crippen LogP contribution >= 0.6 is 27.5 Å². The molecular weight excluding hydrogens is 547 g/mol. The van der Waals surface area contributed by atoms with E-state index in [0.29, 0.717) is 27.1 Å². The lowest BCUT2D eigenvalue weighted by Crippen LogP contribution is -2.06. The third-order valence-electron chi connectivity index (χ3n) is 4.84. The Balaban J connectivity index is 1.61. The number of carbonyl (C=O) groups excluding carboxylic acids is 1. The van der Waals surface area contributed by atoms with E-state index in [2.05, 4.69) is 20.9 Å². The highest BCUT2D eigenvalue weighted by Crippen LogP contribution is 2.38. The molecule has 3 aromatic rings. The number of hydrogen-bond acceptors (Lipinski definition) is 7. The quantitative estimate of drug-likeness (QED) is 0.150. The van der Waals surface area contributed by atoms with Crippen molar-refractivity contribution in [1.29, 1.82) is 0 Å². The van der Waals surface area contributed by atoms with Gasteiger partial charge in [0.15, 0.2) is 17.2 Å². The molecule has 0 aliphatic carbocycles. The van der Waals surface area contributed by atoms with Gasteiger partial charge in [0.05, 0.1) is 16.5 Å². The summed E-state index contributed by atoms with van der Waals surface area (Å²) in [5.41, 5.74) is 1.08. The summed E-state index contributed by atoms with van der Waals surface area (Å²) < 4.78 is 30.4. The second kappa shape index (κ2) is 10.2. The van der Waals surface area contributed by atoms with Crippen LogP contribution in [0.25, 0.3) is 6.08 Å². The van der Waals surface area contributed by atoms with Crippen molar-refractivity contribution in [2.75, 3.05) is 7.11 Å². The van der Waals surface area contributed by atoms with Gasteiger partial charge in [0, 0.05) is 11.6 Å². The maximum absolute atomic E-state index is 13.4. The average Bonchev–Trinajstić information content (AvgIpc) is 3.18. The first kappa shape index (κ1) is 24.4. The van der Waals surface area contributed by atoms with Gasteiger partial charge in [-0.1, -0.05) is 23.7 Å². The summed E-state index contributed by atoms with van der Waals surface area (Å²) in [4.78, 5) is 27.1. The summed E-state index contributed by atoms with van der Waals surface area (Å²) in [6.45, 7) is 0.111. The van der Waals surface area contributed by atoms with E-state index >= 15 is 0 Å². The molecule has 0 saturated carbocycles. The summed E-state index contributed by atoms with van der Waals surface area (Å²) in [6, 6.07) is 13.3. The Morgan fingerprint density at radius 3 is 2.74 bits per heavy atom. The van der Waals surface area contributed by atoms with Crippen molar-refractivity contribution in [3.63, 3.8) is 0 Å². The number of cyclic esters (lactones) is 1. The first-order valence-electron chi connectivity index (χ1n) is 9.97. The van der Waals surface area contributed by atoms with Crippen molar-refractivity contribution in [3.05, 3.63) is 102 Å². The molecule has 0 atom stereocenters. The fraction of sp³-hybridized carbons (Fsp3) is 0.0833. The van der Waals surface area contributed by atoms with E-state index < -0.39 is 10.9 Å². The fourth-order valence-electron chi connectivity index (χ4n) is 3.22. The molecule has 0 spiro atoms. The minimum atomic E-state index is -0.723. The predicted molar refractivity (Wildman–Crippen MR) is 130 cm³/mol. The second-order valence-electron chi connectivity index (χ2n) is 7.21. The number of esters is 1. The second-order valence-corrected chi connectivity index (χ2v) is 8.47. The van der Waals surface area contributed by atoms with Gasteiger partial charge in [-0.15, -0.1) is 0 Å². The molecular formula is C24H15BrClFN2O6. The molecule has 1 heterocycles. The Labute approximate surface area is 211 Å². The van der Waals surface area contributed by atoms with Crippen LogP contribution in [0.5, 0.6) is 11.5 Å². The molecule has 3 aromatic carbocycles. The monoisotopic (exact) mass is 560 g/mol. The van der Waals surface area contributed by atoms with Crippen molar-refractivity contribution in [1.82, 2.24) is 0 Å². The zero-order valence-corrected chi connectivity index (χ0v) is 20.3. The van der Waals surface area contributed by atoms with E-state index in [1.165, 1.54) is 43.5 Å². The van der Waals surface area contributed by atoms with Gasteiger partial charge in [0.25, 0.3) is 5.69 Å². The highest BCUT2D eigenvalue weighted by atomic mass is 79.9. The van der Waals surface area contributed by atoms with Gasteiger partial charge in [-0.25, -0.2) is 14.2 Å². The fourth-order valence-corrected chi connectivity index (χ4v) is 3.98. The van der Waals surface area contributed by atoms with Crippen LogP contribution in [0.3, 0.4) is 0 Å². The van der Waals surface area contributed by atoms with Crippen LogP contribution in [0.15, 0.2) is 69.8 Å². The highest BCUT2D eigenvalue weighted by molar-refractivity contribution is 9.10. The molecule has 35 heavy (non-hydrogen) atoms. The zero-order chi connectivity index (χ0) is 25.1. The molecule has 0 radical (unpaired) electrons. The summed E-state index contributed by atoms with van der Waals surface area (Å²) in [7, 11) is 1.46. The third-order valence-corrected chi connectivity index (χ3v) is 5.75. The summed E-state index contributed by atoms with van der Waals surface area (Å²) in [6.07, 6.45) is 1.48. The van der Waals surface area contributed by atoms with Crippen LogP contribution in [0, 0.1) is 15.9 Å². The molecule has 11 heteroatoms. The van der Waals surface area contributed by atoms with Crippen LogP contribution in [-0.4, -0.2) is 23.9 Å². The third kappa shape index (κ3) is 5.50. The molecule has 178 valence electrons. The Morgan fingerprint density at radius 1 is 1.23 bits per heavy atom. The molecule has 8 nitrogen and oxygen atoms in total. The summed E-state index contributed by atoms with van der Waals surface area (Å²) in [5, 5.41) is 11.1. The number of benzene rings is 3. The Bertz CT molecular complexity index is 1410. The van der Waals surface area contributed by atoms with Crippen LogP contribution in [0.2, 0.25) is 5.02 Å². The Morgan fingerprint density at radius 2 is 2.03 bits per heavy atom. The minimum absolute atomic E-state index is 0.0139. The Kier molecular flexibility index (Phi) is 7.13. The van der Waals surface area contributed by atoms with Gasteiger partial charge < -0.3 is 14.2 Å². The Hall–Kier alpha value is -3.76. The van der Waals surface area contributed by atoms with Crippen molar-refractivity contribution in [3.8, 4) is 11.5 Å².